The van der Waals surface area contributed by atoms with E-state index in [0.717, 1.165) is 27.8 Å². The second-order valence-electron chi connectivity index (χ2n) is 5.16. The summed E-state index contributed by atoms with van der Waals surface area (Å²) in [5.41, 5.74) is 2.85. The van der Waals surface area contributed by atoms with Crippen molar-refractivity contribution in [3.05, 3.63) is 69.4 Å². The van der Waals surface area contributed by atoms with Gasteiger partial charge in [0, 0.05) is 29.0 Å². The molecule has 0 unspecified atom stereocenters. The van der Waals surface area contributed by atoms with Crippen LogP contribution in [0.4, 0.5) is 5.69 Å². The van der Waals surface area contributed by atoms with Gasteiger partial charge in [-0.1, -0.05) is 17.7 Å². The number of ether oxygens (including phenoxy) is 1. The van der Waals surface area contributed by atoms with Gasteiger partial charge in [0.25, 0.3) is 0 Å². The van der Waals surface area contributed by atoms with Crippen LogP contribution in [0.1, 0.15) is 16.3 Å². The number of aromatic nitrogens is 2. The van der Waals surface area contributed by atoms with Crippen molar-refractivity contribution in [1.82, 2.24) is 9.97 Å². The number of hydrogen-bond donors (Lipinski definition) is 1. The molecule has 5 nitrogen and oxygen atoms in total. The van der Waals surface area contributed by atoms with Crippen molar-refractivity contribution in [2.24, 2.45) is 4.99 Å². The molecule has 120 valence electrons. The van der Waals surface area contributed by atoms with E-state index in [9.17, 15) is 0 Å². The van der Waals surface area contributed by atoms with Gasteiger partial charge in [0.2, 0.25) is 0 Å². The van der Waals surface area contributed by atoms with Crippen molar-refractivity contribution in [1.29, 1.82) is 0 Å². The summed E-state index contributed by atoms with van der Waals surface area (Å²) < 4.78 is 5.71. The molecular weight excluding hydrogens is 344 g/mol. The smallest absolute Gasteiger partial charge is 0.152 e. The molecule has 24 heavy (non-hydrogen) atoms. The fourth-order valence-electron chi connectivity index (χ4n) is 2.41. The number of nitrogens with one attached hydrogen (secondary N) is 1. The average Bonchev–Trinajstić information content (AvgIpc) is 3.25. The Balaban J connectivity index is 1.47. The van der Waals surface area contributed by atoms with Crippen LogP contribution in [-0.4, -0.2) is 15.8 Å². The molecule has 0 saturated carbocycles. The number of benzene rings is 1. The van der Waals surface area contributed by atoms with Crippen LogP contribution in [-0.2, 0) is 13.2 Å². The molecule has 0 radical (unpaired) electrons. The summed E-state index contributed by atoms with van der Waals surface area (Å²) in [4.78, 5) is 13.0. The zero-order valence-corrected chi connectivity index (χ0v) is 14.1. The Kier molecular flexibility index (Phi) is 4.15. The molecule has 0 saturated heterocycles. The molecule has 1 N–H and O–H groups in total. The minimum absolute atomic E-state index is 0.411. The summed E-state index contributed by atoms with van der Waals surface area (Å²) in [6.45, 7) is 1.06. The van der Waals surface area contributed by atoms with Crippen LogP contribution in [0.3, 0.4) is 0 Å². The van der Waals surface area contributed by atoms with Crippen LogP contribution in [0.15, 0.2) is 53.1 Å². The SMILES string of the molecule is Clc1cc(NC2=NCc3cccnc32)ccc1OCc1nccs1. The highest BCUT2D eigenvalue weighted by atomic mass is 35.5. The molecule has 0 aliphatic carbocycles. The second kappa shape index (κ2) is 6.59. The zero-order chi connectivity index (χ0) is 16.4. The molecule has 3 heterocycles. The van der Waals surface area contributed by atoms with E-state index in [1.54, 1.807) is 23.7 Å². The van der Waals surface area contributed by atoms with E-state index in [2.05, 4.69) is 20.3 Å². The van der Waals surface area contributed by atoms with Crippen molar-refractivity contribution in [2.45, 2.75) is 13.2 Å². The summed E-state index contributed by atoms with van der Waals surface area (Å²) >= 11 is 7.87. The molecule has 0 amide bonds. The molecule has 0 bridgehead atoms. The molecule has 0 atom stereocenters. The van der Waals surface area contributed by atoms with Crippen LogP contribution >= 0.6 is 22.9 Å². The molecule has 7 heteroatoms. The van der Waals surface area contributed by atoms with Crippen molar-refractivity contribution in [3.8, 4) is 5.75 Å². The van der Waals surface area contributed by atoms with Crippen LogP contribution < -0.4 is 10.1 Å². The summed E-state index contributed by atoms with van der Waals surface area (Å²) in [7, 11) is 0. The summed E-state index contributed by atoms with van der Waals surface area (Å²) in [6.07, 6.45) is 3.52. The number of halogens is 1. The highest BCUT2D eigenvalue weighted by Crippen LogP contribution is 2.29. The number of thiazole rings is 1. The van der Waals surface area contributed by atoms with E-state index in [4.69, 9.17) is 16.3 Å². The van der Waals surface area contributed by atoms with Crippen LogP contribution in [0.25, 0.3) is 0 Å². The Hall–Kier alpha value is -2.44. The van der Waals surface area contributed by atoms with Crippen molar-refractivity contribution in [3.63, 3.8) is 0 Å². The van der Waals surface area contributed by atoms with Crippen LogP contribution in [0.2, 0.25) is 5.02 Å². The molecule has 0 fully saturated rings. The Morgan fingerprint density at radius 1 is 1.21 bits per heavy atom. The Bertz CT molecular complexity index is 895. The maximum absolute atomic E-state index is 6.32. The number of anilines is 1. The van der Waals surface area contributed by atoms with Gasteiger partial charge in [-0.2, -0.15) is 0 Å². The number of hydrogen-bond acceptors (Lipinski definition) is 6. The van der Waals surface area contributed by atoms with Gasteiger partial charge in [-0.05, 0) is 24.3 Å². The Morgan fingerprint density at radius 3 is 3.00 bits per heavy atom. The first-order valence-corrected chi connectivity index (χ1v) is 8.62. The number of rotatable bonds is 4. The molecule has 0 spiro atoms. The van der Waals surface area contributed by atoms with Gasteiger partial charge in [-0.15, -0.1) is 11.3 Å². The minimum Gasteiger partial charge on any atom is -0.485 e. The predicted octanol–water partition coefficient (Wildman–Crippen LogP) is 4.14. The van der Waals surface area contributed by atoms with Gasteiger partial charge in [0.15, 0.2) is 5.84 Å². The topological polar surface area (TPSA) is 59.4 Å². The van der Waals surface area contributed by atoms with E-state index in [1.807, 2.05) is 35.7 Å². The minimum atomic E-state index is 0.411. The fourth-order valence-corrected chi connectivity index (χ4v) is 3.18. The molecule has 4 rings (SSSR count). The third kappa shape index (κ3) is 3.11. The maximum atomic E-state index is 6.32. The van der Waals surface area contributed by atoms with Crippen LogP contribution in [0, 0.1) is 0 Å². The Morgan fingerprint density at radius 2 is 2.17 bits per heavy atom. The molecule has 3 aromatic rings. The maximum Gasteiger partial charge on any atom is 0.152 e. The normalized spacial score (nSPS) is 12.6. The van der Waals surface area contributed by atoms with E-state index in [0.29, 0.717) is 23.9 Å². The number of fused-ring (bicyclic) bond motifs is 1. The zero-order valence-electron chi connectivity index (χ0n) is 12.6. The predicted molar refractivity (Wildman–Crippen MR) is 96.0 cm³/mol. The lowest BCUT2D eigenvalue weighted by atomic mass is 10.2. The molecule has 1 aromatic carbocycles. The first kappa shape index (κ1) is 15.1. The van der Waals surface area contributed by atoms with Gasteiger partial charge < -0.3 is 10.1 Å². The van der Waals surface area contributed by atoms with Crippen molar-refractivity contribution in [2.75, 3.05) is 5.32 Å². The average molecular weight is 357 g/mol. The summed E-state index contributed by atoms with van der Waals surface area (Å²) in [5, 5.41) is 6.64. The first-order chi connectivity index (χ1) is 11.8. The van der Waals surface area contributed by atoms with Crippen molar-refractivity contribution >= 4 is 34.5 Å². The van der Waals surface area contributed by atoms with E-state index >= 15 is 0 Å². The lowest BCUT2D eigenvalue weighted by Gasteiger charge is -2.10. The van der Waals surface area contributed by atoms with Gasteiger partial charge in [0.05, 0.1) is 11.6 Å². The van der Waals surface area contributed by atoms with Crippen molar-refractivity contribution < 1.29 is 4.74 Å². The Labute approximate surface area is 148 Å². The monoisotopic (exact) mass is 356 g/mol. The molecule has 1 aliphatic heterocycles. The standard InChI is InChI=1S/C17H13ClN4OS/c18-13-8-12(3-4-14(13)23-10-15-19-6-7-24-15)22-17-16-11(9-21-17)2-1-5-20-16/h1-8H,9-10H2,(H,21,22). The highest BCUT2D eigenvalue weighted by molar-refractivity contribution is 7.09. The van der Waals surface area contributed by atoms with Gasteiger partial charge in [0.1, 0.15) is 23.1 Å². The van der Waals surface area contributed by atoms with Gasteiger partial charge in [-0.3, -0.25) is 9.98 Å². The lowest BCUT2D eigenvalue weighted by Crippen LogP contribution is -2.13. The van der Waals surface area contributed by atoms with E-state index < -0.39 is 0 Å². The second-order valence-corrected chi connectivity index (χ2v) is 6.55. The number of amidine groups is 1. The van der Waals surface area contributed by atoms with Crippen LogP contribution in [0.5, 0.6) is 5.75 Å². The fraction of sp³-hybridized carbons (Fsp3) is 0.118. The molecule has 1 aliphatic rings. The van der Waals surface area contributed by atoms with Gasteiger partial charge in [-0.25, -0.2) is 4.98 Å². The molecule has 2 aromatic heterocycles. The summed E-state index contributed by atoms with van der Waals surface area (Å²) in [5.74, 6) is 1.39. The highest BCUT2D eigenvalue weighted by Gasteiger charge is 2.17. The number of nitrogens with zero attached hydrogens (tertiary/aromatic N) is 3. The van der Waals surface area contributed by atoms with Gasteiger partial charge >= 0.3 is 0 Å². The number of aliphatic imine (C=N–C) groups is 1. The lowest BCUT2D eigenvalue weighted by molar-refractivity contribution is 0.306. The first-order valence-electron chi connectivity index (χ1n) is 7.36. The number of pyridine rings is 1. The van der Waals surface area contributed by atoms with E-state index in [-0.39, 0.29) is 0 Å². The summed E-state index contributed by atoms with van der Waals surface area (Å²) in [6, 6.07) is 9.52. The molecular formula is C17H13ClN4OS. The third-order valence-corrected chi connectivity index (χ3v) is 4.60. The largest absolute Gasteiger partial charge is 0.485 e. The third-order valence-electron chi connectivity index (χ3n) is 3.55. The van der Waals surface area contributed by atoms with E-state index in [1.165, 1.54) is 0 Å². The quantitative estimate of drug-likeness (QED) is 0.763.